The van der Waals surface area contributed by atoms with Gasteiger partial charge in [-0.05, 0) is 25.1 Å². The summed E-state index contributed by atoms with van der Waals surface area (Å²) < 4.78 is 18.8. The Morgan fingerprint density at radius 1 is 1.00 bits per heavy atom. The second kappa shape index (κ2) is 5.05. The predicted molar refractivity (Wildman–Crippen MR) is 88.7 cm³/mol. The van der Waals surface area contributed by atoms with E-state index in [9.17, 15) is 0 Å². The topological polar surface area (TPSA) is 49.4 Å². The molecule has 0 aliphatic carbocycles. The van der Waals surface area contributed by atoms with E-state index in [1.165, 1.54) is 0 Å². The molecule has 2 aromatic heterocycles. The third-order valence-corrected chi connectivity index (χ3v) is 4.03. The summed E-state index contributed by atoms with van der Waals surface area (Å²) in [5.41, 5.74) is 3.34. The molecule has 0 radical (unpaired) electrons. The van der Waals surface area contributed by atoms with Crippen LogP contribution in [-0.4, -0.2) is 24.0 Å². The van der Waals surface area contributed by atoms with Crippen LogP contribution in [0.4, 0.5) is 0 Å². The van der Waals surface area contributed by atoms with Crippen molar-refractivity contribution in [1.82, 2.24) is 9.78 Å². The number of nitrogens with zero attached hydrogens (tertiary/aromatic N) is 2. The van der Waals surface area contributed by atoms with Crippen molar-refractivity contribution in [2.24, 2.45) is 0 Å². The molecule has 0 spiro atoms. The van der Waals surface area contributed by atoms with Crippen molar-refractivity contribution in [3.8, 4) is 17.2 Å². The molecule has 0 amide bonds. The van der Waals surface area contributed by atoms with Crippen molar-refractivity contribution in [1.29, 1.82) is 0 Å². The predicted octanol–water partition coefficient (Wildman–Crippen LogP) is 4.10. The largest absolute Gasteiger partial charge is 0.495 e. The fraction of sp³-hybridized carbons (Fsp3) is 0.167. The number of rotatable bonds is 3. The maximum atomic E-state index is 5.66. The van der Waals surface area contributed by atoms with Crippen molar-refractivity contribution in [3.05, 3.63) is 48.4 Å². The molecule has 0 unspecified atom stereocenters. The molecule has 2 aromatic carbocycles. The summed E-state index contributed by atoms with van der Waals surface area (Å²) in [6.45, 7) is 1.97. The summed E-state index contributed by atoms with van der Waals surface area (Å²) in [6, 6.07) is 11.8. The van der Waals surface area contributed by atoms with E-state index < -0.39 is 0 Å². The van der Waals surface area contributed by atoms with Gasteiger partial charge in [-0.1, -0.05) is 18.2 Å². The number of aromatic nitrogens is 2. The highest BCUT2D eigenvalue weighted by Crippen LogP contribution is 2.44. The Kier molecular flexibility index (Phi) is 3.01. The van der Waals surface area contributed by atoms with E-state index in [-0.39, 0.29) is 0 Å². The molecular weight excluding hydrogens is 292 g/mol. The van der Waals surface area contributed by atoms with Crippen LogP contribution in [-0.2, 0) is 0 Å². The van der Waals surface area contributed by atoms with Crippen LogP contribution >= 0.6 is 0 Å². The molecule has 0 fully saturated rings. The highest BCUT2D eigenvalue weighted by molar-refractivity contribution is 6.09. The third kappa shape index (κ3) is 1.83. The van der Waals surface area contributed by atoms with Gasteiger partial charge in [-0.25, -0.2) is 4.68 Å². The fourth-order valence-electron chi connectivity index (χ4n) is 3.07. The van der Waals surface area contributed by atoms with Crippen molar-refractivity contribution in [2.45, 2.75) is 6.92 Å². The summed E-state index contributed by atoms with van der Waals surface area (Å²) in [6.07, 6.45) is 1.64. The lowest BCUT2D eigenvalue weighted by Gasteiger charge is -2.11. The van der Waals surface area contributed by atoms with Gasteiger partial charge in [-0.15, -0.1) is 0 Å². The number of hydrogen-bond acceptors (Lipinski definition) is 4. The summed E-state index contributed by atoms with van der Waals surface area (Å²) >= 11 is 0. The van der Waals surface area contributed by atoms with Gasteiger partial charge in [0.05, 0.1) is 42.6 Å². The van der Waals surface area contributed by atoms with E-state index in [2.05, 4.69) is 0 Å². The Morgan fingerprint density at radius 3 is 2.43 bits per heavy atom. The fourth-order valence-corrected chi connectivity index (χ4v) is 3.07. The van der Waals surface area contributed by atoms with Crippen molar-refractivity contribution in [2.75, 3.05) is 14.2 Å². The van der Waals surface area contributed by atoms with Gasteiger partial charge in [0.2, 0.25) is 0 Å². The minimum atomic E-state index is 0.658. The molecule has 0 aliphatic heterocycles. The number of benzene rings is 2. The van der Waals surface area contributed by atoms with E-state index in [1.807, 2.05) is 48.0 Å². The number of ether oxygens (including phenoxy) is 2. The van der Waals surface area contributed by atoms with E-state index in [4.69, 9.17) is 19.0 Å². The van der Waals surface area contributed by atoms with Gasteiger partial charge in [0.1, 0.15) is 11.3 Å². The van der Waals surface area contributed by atoms with Gasteiger partial charge < -0.3 is 13.9 Å². The molecule has 0 aliphatic rings. The molecule has 5 heteroatoms. The molecular formula is C18H16N2O3. The average Bonchev–Trinajstić information content (AvgIpc) is 3.19. The number of para-hydroxylation sites is 1. The summed E-state index contributed by atoms with van der Waals surface area (Å²) in [7, 11) is 3.30. The third-order valence-electron chi connectivity index (χ3n) is 4.03. The van der Waals surface area contributed by atoms with Crippen LogP contribution in [0.1, 0.15) is 5.69 Å². The maximum Gasteiger partial charge on any atom is 0.188 e. The SMILES string of the molecule is COc1c2ccoc2c(OC)c2c1c(C)nn2-c1ccccc1. The van der Waals surface area contributed by atoms with Gasteiger partial charge in [0, 0.05) is 0 Å². The first-order valence-corrected chi connectivity index (χ1v) is 7.32. The van der Waals surface area contributed by atoms with E-state index >= 15 is 0 Å². The smallest absolute Gasteiger partial charge is 0.188 e. The average molecular weight is 308 g/mol. The van der Waals surface area contributed by atoms with Gasteiger partial charge in [-0.3, -0.25) is 0 Å². The molecule has 0 saturated heterocycles. The number of methoxy groups -OCH3 is 2. The lowest BCUT2D eigenvalue weighted by Crippen LogP contribution is -1.98. The first kappa shape index (κ1) is 13.7. The Morgan fingerprint density at radius 2 is 1.74 bits per heavy atom. The van der Waals surface area contributed by atoms with E-state index in [0.29, 0.717) is 11.3 Å². The van der Waals surface area contributed by atoms with Crippen molar-refractivity contribution in [3.63, 3.8) is 0 Å². The van der Waals surface area contributed by atoms with Crippen LogP contribution in [0.3, 0.4) is 0 Å². The highest BCUT2D eigenvalue weighted by Gasteiger charge is 2.24. The quantitative estimate of drug-likeness (QED) is 0.572. The van der Waals surface area contributed by atoms with Crippen molar-refractivity contribution >= 4 is 21.9 Å². The molecule has 0 bridgehead atoms. The van der Waals surface area contributed by atoms with E-state index in [0.717, 1.165) is 33.4 Å². The van der Waals surface area contributed by atoms with Crippen LogP contribution in [0.2, 0.25) is 0 Å². The standard InChI is InChI=1S/C18H16N2O3/c1-11-14-15(20(19-11)12-7-5-4-6-8-12)18(22-3)17-13(9-10-23-17)16(14)21-2/h4-10H,1-3H3. The molecule has 4 aromatic rings. The zero-order valence-corrected chi connectivity index (χ0v) is 13.2. The van der Waals surface area contributed by atoms with Gasteiger partial charge in [0.25, 0.3) is 0 Å². The summed E-state index contributed by atoms with van der Waals surface area (Å²) in [5, 5.41) is 6.51. The molecule has 0 saturated carbocycles. The lowest BCUT2D eigenvalue weighted by atomic mass is 10.1. The first-order chi connectivity index (χ1) is 11.3. The molecule has 23 heavy (non-hydrogen) atoms. The lowest BCUT2D eigenvalue weighted by molar-refractivity contribution is 0.409. The number of furan rings is 1. The van der Waals surface area contributed by atoms with Crippen molar-refractivity contribution < 1.29 is 13.9 Å². The maximum absolute atomic E-state index is 5.66. The molecule has 116 valence electrons. The van der Waals surface area contributed by atoms with Gasteiger partial charge in [-0.2, -0.15) is 5.10 Å². The Balaban J connectivity index is 2.23. The molecule has 4 rings (SSSR count). The van der Waals surface area contributed by atoms with Gasteiger partial charge >= 0.3 is 0 Å². The summed E-state index contributed by atoms with van der Waals surface area (Å²) in [4.78, 5) is 0. The molecule has 2 heterocycles. The summed E-state index contributed by atoms with van der Waals surface area (Å²) in [5.74, 6) is 1.41. The molecule has 5 nitrogen and oxygen atoms in total. The Bertz CT molecular complexity index is 1000. The second-order valence-corrected chi connectivity index (χ2v) is 5.29. The molecule has 0 N–H and O–H groups in total. The normalized spacial score (nSPS) is 11.3. The number of hydrogen-bond donors (Lipinski definition) is 0. The monoisotopic (exact) mass is 308 g/mol. The minimum Gasteiger partial charge on any atom is -0.495 e. The number of aryl methyl sites for hydroxylation is 1. The van der Waals surface area contributed by atoms with Crippen LogP contribution in [0.25, 0.3) is 27.6 Å². The second-order valence-electron chi connectivity index (χ2n) is 5.29. The van der Waals surface area contributed by atoms with Crippen LogP contribution in [0, 0.1) is 6.92 Å². The first-order valence-electron chi connectivity index (χ1n) is 7.32. The van der Waals surface area contributed by atoms with E-state index in [1.54, 1.807) is 20.5 Å². The highest BCUT2D eigenvalue weighted by atomic mass is 16.5. The van der Waals surface area contributed by atoms with Crippen LogP contribution in [0.15, 0.2) is 47.1 Å². The zero-order chi connectivity index (χ0) is 16.0. The van der Waals surface area contributed by atoms with Gasteiger partial charge in [0.15, 0.2) is 11.3 Å². The Labute approximate surface area is 133 Å². The molecule has 0 atom stereocenters. The number of fused-ring (bicyclic) bond motifs is 2. The van der Waals surface area contributed by atoms with Crippen LogP contribution in [0.5, 0.6) is 11.5 Å². The minimum absolute atomic E-state index is 0.658. The zero-order valence-electron chi connectivity index (χ0n) is 13.2. The van der Waals surface area contributed by atoms with Crippen LogP contribution < -0.4 is 9.47 Å². The Hall–Kier alpha value is -2.95.